The highest BCUT2D eigenvalue weighted by atomic mass is 32.2. The van der Waals surface area contributed by atoms with Gasteiger partial charge in [0.2, 0.25) is 5.91 Å². The molecule has 128 valence electrons. The van der Waals surface area contributed by atoms with E-state index < -0.39 is 0 Å². The van der Waals surface area contributed by atoms with E-state index in [1.165, 1.54) is 6.42 Å². The van der Waals surface area contributed by atoms with Crippen LogP contribution in [0, 0.1) is 0 Å². The molecule has 1 unspecified atom stereocenters. The highest BCUT2D eigenvalue weighted by Crippen LogP contribution is 2.33. The molecule has 2 fully saturated rings. The Kier molecular flexibility index (Phi) is 4.76. The number of rotatable bonds is 6. The van der Waals surface area contributed by atoms with Gasteiger partial charge in [-0.3, -0.25) is 9.69 Å². The lowest BCUT2D eigenvalue weighted by atomic mass is 10.1. The van der Waals surface area contributed by atoms with Crippen LogP contribution in [-0.4, -0.2) is 41.1 Å². The van der Waals surface area contributed by atoms with Crippen molar-refractivity contribution < 1.29 is 13.9 Å². The highest BCUT2D eigenvalue weighted by Gasteiger charge is 2.36. The Balaban J connectivity index is 1.40. The maximum Gasteiger partial charge on any atom is 0.305 e. The van der Waals surface area contributed by atoms with Gasteiger partial charge in [-0.15, -0.1) is 11.8 Å². The van der Waals surface area contributed by atoms with Crippen molar-refractivity contribution in [2.24, 2.45) is 0 Å². The lowest BCUT2D eigenvalue weighted by Crippen LogP contribution is -2.35. The lowest BCUT2D eigenvalue weighted by Gasteiger charge is -2.22. The number of oxazole rings is 1. The van der Waals surface area contributed by atoms with Crippen LogP contribution in [0.15, 0.2) is 28.7 Å². The number of aromatic nitrogens is 1. The zero-order valence-corrected chi connectivity index (χ0v) is 14.5. The first-order valence-electron chi connectivity index (χ1n) is 8.68. The standard InChI is InChI=1S/C18H22N2O3S/c21-17(12-24-11-14-5-3-4-10-22-14)20(13-8-9-13)18-19-15-6-1-2-7-16(15)23-18/h1-2,6-7,13-14H,3-5,8-12H2. The average molecular weight is 346 g/mol. The molecule has 0 radical (unpaired) electrons. The number of benzene rings is 1. The fraction of sp³-hybridized carbons (Fsp3) is 0.556. The summed E-state index contributed by atoms with van der Waals surface area (Å²) in [7, 11) is 0. The first-order valence-corrected chi connectivity index (χ1v) is 9.84. The summed E-state index contributed by atoms with van der Waals surface area (Å²) in [6.45, 7) is 0.857. The van der Waals surface area contributed by atoms with E-state index in [0.29, 0.717) is 17.9 Å². The van der Waals surface area contributed by atoms with Gasteiger partial charge in [-0.25, -0.2) is 0 Å². The quantitative estimate of drug-likeness (QED) is 0.799. The molecule has 0 spiro atoms. The topological polar surface area (TPSA) is 55.6 Å². The van der Waals surface area contributed by atoms with E-state index in [0.717, 1.165) is 49.1 Å². The first kappa shape index (κ1) is 16.0. The van der Waals surface area contributed by atoms with Gasteiger partial charge < -0.3 is 9.15 Å². The third-order valence-electron chi connectivity index (χ3n) is 4.47. The summed E-state index contributed by atoms with van der Waals surface area (Å²) in [6, 6.07) is 8.33. The predicted octanol–water partition coefficient (Wildman–Crippen LogP) is 3.63. The molecule has 1 aromatic heterocycles. The molecule has 24 heavy (non-hydrogen) atoms. The molecule has 1 aliphatic heterocycles. The van der Waals surface area contributed by atoms with Gasteiger partial charge in [-0.1, -0.05) is 12.1 Å². The molecule has 1 saturated carbocycles. The van der Waals surface area contributed by atoms with Gasteiger partial charge >= 0.3 is 6.01 Å². The summed E-state index contributed by atoms with van der Waals surface area (Å²) >= 11 is 1.66. The summed E-state index contributed by atoms with van der Waals surface area (Å²) in [5.74, 6) is 1.43. The van der Waals surface area contributed by atoms with Gasteiger partial charge in [-0.2, -0.15) is 4.98 Å². The van der Waals surface area contributed by atoms with Crippen LogP contribution >= 0.6 is 11.8 Å². The van der Waals surface area contributed by atoms with Crippen molar-refractivity contribution in [1.29, 1.82) is 0 Å². The molecule has 2 aromatic rings. The minimum absolute atomic E-state index is 0.0878. The predicted molar refractivity (Wildman–Crippen MR) is 95.4 cm³/mol. The average Bonchev–Trinajstić information content (AvgIpc) is 3.34. The van der Waals surface area contributed by atoms with Gasteiger partial charge in [-0.05, 0) is 44.2 Å². The van der Waals surface area contributed by atoms with Crippen molar-refractivity contribution in [1.82, 2.24) is 4.98 Å². The Labute approximate surface area is 145 Å². The van der Waals surface area contributed by atoms with E-state index in [9.17, 15) is 4.79 Å². The molecule has 1 atom stereocenters. The molecule has 2 heterocycles. The second kappa shape index (κ2) is 7.15. The minimum atomic E-state index is 0.0878. The molecule has 2 aliphatic rings. The zero-order valence-electron chi connectivity index (χ0n) is 13.6. The molecular formula is C18H22N2O3S. The Morgan fingerprint density at radius 3 is 2.88 bits per heavy atom. The van der Waals surface area contributed by atoms with Crippen LogP contribution in [-0.2, 0) is 9.53 Å². The van der Waals surface area contributed by atoms with E-state index >= 15 is 0 Å². The number of fused-ring (bicyclic) bond motifs is 1. The molecule has 1 amide bonds. The van der Waals surface area contributed by atoms with E-state index in [-0.39, 0.29) is 11.9 Å². The van der Waals surface area contributed by atoms with E-state index in [2.05, 4.69) is 4.98 Å². The van der Waals surface area contributed by atoms with Crippen molar-refractivity contribution in [2.45, 2.75) is 44.2 Å². The second-order valence-corrected chi connectivity index (χ2v) is 7.49. The molecule has 1 aromatic carbocycles. The van der Waals surface area contributed by atoms with Gasteiger partial charge in [0.15, 0.2) is 5.58 Å². The van der Waals surface area contributed by atoms with Gasteiger partial charge in [0.1, 0.15) is 5.52 Å². The third-order valence-corrected chi connectivity index (χ3v) is 5.53. The maximum atomic E-state index is 12.7. The molecule has 5 nitrogen and oxygen atoms in total. The SMILES string of the molecule is O=C(CSCC1CCCCO1)N(c1nc2ccccc2o1)C1CC1. The monoisotopic (exact) mass is 346 g/mol. The fourth-order valence-corrected chi connectivity index (χ4v) is 4.01. The molecule has 0 N–H and O–H groups in total. The molecule has 1 aliphatic carbocycles. The number of hydrogen-bond donors (Lipinski definition) is 0. The molecular weight excluding hydrogens is 324 g/mol. The van der Waals surface area contributed by atoms with Crippen LogP contribution in [0.25, 0.3) is 11.1 Å². The maximum absolute atomic E-state index is 12.7. The van der Waals surface area contributed by atoms with Crippen molar-refractivity contribution in [2.75, 3.05) is 23.0 Å². The van der Waals surface area contributed by atoms with Crippen LogP contribution < -0.4 is 4.90 Å². The van der Waals surface area contributed by atoms with E-state index in [1.807, 2.05) is 24.3 Å². The minimum Gasteiger partial charge on any atom is -0.423 e. The molecule has 0 bridgehead atoms. The Hall–Kier alpha value is -1.53. The van der Waals surface area contributed by atoms with Crippen molar-refractivity contribution in [3.63, 3.8) is 0 Å². The Morgan fingerprint density at radius 1 is 1.25 bits per heavy atom. The fourth-order valence-electron chi connectivity index (χ4n) is 3.05. The van der Waals surface area contributed by atoms with Crippen LogP contribution in [0.5, 0.6) is 0 Å². The van der Waals surface area contributed by atoms with Gasteiger partial charge in [0, 0.05) is 18.4 Å². The molecule has 4 rings (SSSR count). The van der Waals surface area contributed by atoms with Crippen molar-refractivity contribution >= 4 is 34.8 Å². The van der Waals surface area contributed by atoms with Gasteiger partial charge in [0.05, 0.1) is 11.9 Å². The summed E-state index contributed by atoms with van der Waals surface area (Å²) in [5.41, 5.74) is 1.53. The van der Waals surface area contributed by atoms with Crippen molar-refractivity contribution in [3.05, 3.63) is 24.3 Å². The number of thioether (sulfide) groups is 1. The number of nitrogens with zero attached hydrogens (tertiary/aromatic N) is 2. The molecule has 1 saturated heterocycles. The lowest BCUT2D eigenvalue weighted by molar-refractivity contribution is -0.116. The molecule has 6 heteroatoms. The Bertz CT molecular complexity index is 674. The number of anilines is 1. The number of ether oxygens (including phenoxy) is 1. The smallest absolute Gasteiger partial charge is 0.305 e. The van der Waals surface area contributed by atoms with E-state index in [4.69, 9.17) is 9.15 Å². The first-order chi connectivity index (χ1) is 11.8. The zero-order chi connectivity index (χ0) is 16.4. The number of carbonyl (C=O) groups is 1. The van der Waals surface area contributed by atoms with Crippen LogP contribution in [0.4, 0.5) is 6.01 Å². The highest BCUT2D eigenvalue weighted by molar-refractivity contribution is 8.00. The Morgan fingerprint density at radius 2 is 2.12 bits per heavy atom. The normalized spacial score (nSPS) is 21.1. The van der Waals surface area contributed by atoms with Crippen LogP contribution in [0.2, 0.25) is 0 Å². The van der Waals surface area contributed by atoms with E-state index in [1.54, 1.807) is 16.7 Å². The number of carbonyl (C=O) groups excluding carboxylic acids is 1. The van der Waals surface area contributed by atoms with Crippen molar-refractivity contribution in [3.8, 4) is 0 Å². The third kappa shape index (κ3) is 3.59. The summed E-state index contributed by atoms with van der Waals surface area (Å²) < 4.78 is 11.5. The number of amides is 1. The second-order valence-electron chi connectivity index (χ2n) is 6.46. The van der Waals surface area contributed by atoms with Crippen LogP contribution in [0.1, 0.15) is 32.1 Å². The summed E-state index contributed by atoms with van der Waals surface area (Å²) in [6.07, 6.45) is 5.86. The van der Waals surface area contributed by atoms with Gasteiger partial charge in [0.25, 0.3) is 0 Å². The largest absolute Gasteiger partial charge is 0.423 e. The summed E-state index contributed by atoms with van der Waals surface area (Å²) in [4.78, 5) is 19.0. The number of hydrogen-bond acceptors (Lipinski definition) is 5. The summed E-state index contributed by atoms with van der Waals surface area (Å²) in [5, 5.41) is 0. The van der Waals surface area contributed by atoms with Crippen LogP contribution in [0.3, 0.4) is 0 Å². The number of para-hydroxylation sites is 2.